The van der Waals surface area contributed by atoms with E-state index in [4.69, 9.17) is 5.14 Å². The van der Waals surface area contributed by atoms with E-state index in [-0.39, 0.29) is 10.6 Å². The molecule has 128 valence electrons. The minimum Gasteiger partial charge on any atom is -0.378 e. The molecule has 3 N–H and O–H groups in total. The summed E-state index contributed by atoms with van der Waals surface area (Å²) in [7, 11) is -3.96. The third kappa shape index (κ3) is 4.63. The van der Waals surface area contributed by atoms with Crippen molar-refractivity contribution in [1.29, 1.82) is 0 Å². The van der Waals surface area contributed by atoms with Gasteiger partial charge in [-0.1, -0.05) is 6.42 Å². The smallest absolute Gasteiger partial charge is 0.293 e. The van der Waals surface area contributed by atoms with Crippen molar-refractivity contribution in [3.63, 3.8) is 0 Å². The predicted molar refractivity (Wildman–Crippen MR) is 87.8 cm³/mol. The molecule has 0 aromatic heterocycles. The van der Waals surface area contributed by atoms with E-state index in [0.29, 0.717) is 18.3 Å². The van der Waals surface area contributed by atoms with E-state index >= 15 is 0 Å². The number of hydrogen-bond donors (Lipinski definition) is 2. The first kappa shape index (κ1) is 17.6. The number of likely N-dealkylation sites (tertiary alicyclic amines) is 1. The molecule has 0 bridgehead atoms. The minimum absolute atomic E-state index is 0.264. The fourth-order valence-electron chi connectivity index (χ4n) is 2.81. The zero-order valence-electron chi connectivity index (χ0n) is 13.1. The highest BCUT2D eigenvalue weighted by atomic mass is 32.2. The summed E-state index contributed by atoms with van der Waals surface area (Å²) in [5.74, 6) is 0. The normalized spacial score (nSPS) is 19.5. The summed E-state index contributed by atoms with van der Waals surface area (Å²) >= 11 is 0. The molecule has 1 atom stereocenters. The molecule has 1 aromatic rings. The maximum absolute atomic E-state index is 11.3. The van der Waals surface area contributed by atoms with Gasteiger partial charge in [0.05, 0.1) is 9.82 Å². The SMILES string of the molecule is C[C@@H]1CCCCN1CCNc1ccc(S(N)(=O)=O)cc1[N+](=O)[O-]. The molecule has 0 aliphatic carbocycles. The molecule has 9 heteroatoms. The Morgan fingerprint density at radius 3 is 2.78 bits per heavy atom. The maximum Gasteiger partial charge on any atom is 0.293 e. The summed E-state index contributed by atoms with van der Waals surface area (Å²) < 4.78 is 22.6. The second kappa shape index (κ2) is 7.24. The Balaban J connectivity index is 2.06. The molecule has 0 unspecified atom stereocenters. The number of sulfonamides is 1. The van der Waals surface area contributed by atoms with Gasteiger partial charge in [0.1, 0.15) is 5.69 Å². The summed E-state index contributed by atoms with van der Waals surface area (Å²) in [4.78, 5) is 12.6. The number of piperidine rings is 1. The maximum atomic E-state index is 11.3. The zero-order valence-corrected chi connectivity index (χ0v) is 13.9. The summed E-state index contributed by atoms with van der Waals surface area (Å²) in [6, 6.07) is 4.16. The van der Waals surface area contributed by atoms with Crippen molar-refractivity contribution in [2.45, 2.75) is 37.1 Å². The van der Waals surface area contributed by atoms with Crippen LogP contribution in [0, 0.1) is 10.1 Å². The number of nitro groups is 1. The fourth-order valence-corrected chi connectivity index (χ4v) is 3.35. The van der Waals surface area contributed by atoms with E-state index in [2.05, 4.69) is 17.1 Å². The molecule has 23 heavy (non-hydrogen) atoms. The minimum atomic E-state index is -3.96. The number of nitrogens with two attached hydrogens (primary N) is 1. The van der Waals surface area contributed by atoms with Gasteiger partial charge in [0.15, 0.2) is 0 Å². The molecule has 1 heterocycles. The number of benzene rings is 1. The molecule has 0 spiro atoms. The average molecular weight is 342 g/mol. The average Bonchev–Trinajstić information content (AvgIpc) is 2.48. The van der Waals surface area contributed by atoms with Crippen LogP contribution in [0.3, 0.4) is 0 Å². The van der Waals surface area contributed by atoms with Gasteiger partial charge in [0.2, 0.25) is 10.0 Å². The topological polar surface area (TPSA) is 119 Å². The van der Waals surface area contributed by atoms with Crippen molar-refractivity contribution >= 4 is 21.4 Å². The number of nitrogens with zero attached hydrogens (tertiary/aromatic N) is 2. The number of nitrogens with one attached hydrogen (secondary N) is 1. The highest BCUT2D eigenvalue weighted by Crippen LogP contribution is 2.27. The summed E-state index contributed by atoms with van der Waals surface area (Å²) in [5.41, 5.74) is 0.00952. The monoisotopic (exact) mass is 342 g/mol. The quantitative estimate of drug-likeness (QED) is 0.598. The van der Waals surface area contributed by atoms with Crippen LogP contribution in [0.5, 0.6) is 0 Å². The van der Waals surface area contributed by atoms with E-state index in [0.717, 1.165) is 19.2 Å². The Morgan fingerprint density at radius 1 is 1.43 bits per heavy atom. The first-order chi connectivity index (χ1) is 10.8. The largest absolute Gasteiger partial charge is 0.378 e. The number of rotatable bonds is 6. The molecular formula is C14H22N4O4S. The number of primary sulfonamides is 1. The van der Waals surface area contributed by atoms with Gasteiger partial charge in [-0.2, -0.15) is 0 Å². The van der Waals surface area contributed by atoms with Crippen molar-refractivity contribution in [3.05, 3.63) is 28.3 Å². The van der Waals surface area contributed by atoms with Gasteiger partial charge in [0, 0.05) is 25.2 Å². The molecule has 1 aromatic carbocycles. The lowest BCUT2D eigenvalue weighted by Crippen LogP contribution is -2.40. The molecule has 1 fully saturated rings. The van der Waals surface area contributed by atoms with Gasteiger partial charge in [-0.05, 0) is 38.4 Å². The van der Waals surface area contributed by atoms with Crippen LogP contribution >= 0.6 is 0 Å². The van der Waals surface area contributed by atoms with E-state index in [1.807, 2.05) is 0 Å². The van der Waals surface area contributed by atoms with Crippen molar-refractivity contribution in [3.8, 4) is 0 Å². The Bertz CT molecular complexity index is 677. The van der Waals surface area contributed by atoms with Crippen LogP contribution in [-0.2, 0) is 10.0 Å². The van der Waals surface area contributed by atoms with Gasteiger partial charge in [-0.15, -0.1) is 0 Å². The molecule has 0 saturated carbocycles. The van der Waals surface area contributed by atoms with Crippen LogP contribution < -0.4 is 10.5 Å². The number of nitro benzene ring substituents is 1. The zero-order chi connectivity index (χ0) is 17.0. The predicted octanol–water partition coefficient (Wildman–Crippen LogP) is 1.53. The van der Waals surface area contributed by atoms with Crippen LogP contribution in [0.15, 0.2) is 23.1 Å². The van der Waals surface area contributed by atoms with E-state index in [1.165, 1.54) is 31.4 Å². The van der Waals surface area contributed by atoms with Crippen LogP contribution in [0.25, 0.3) is 0 Å². The van der Waals surface area contributed by atoms with Gasteiger partial charge in [-0.25, -0.2) is 13.6 Å². The Hall–Kier alpha value is -1.71. The van der Waals surface area contributed by atoms with E-state index in [9.17, 15) is 18.5 Å². The molecule has 1 aliphatic rings. The van der Waals surface area contributed by atoms with Gasteiger partial charge >= 0.3 is 0 Å². The van der Waals surface area contributed by atoms with Gasteiger partial charge in [0.25, 0.3) is 5.69 Å². The van der Waals surface area contributed by atoms with Crippen molar-refractivity contribution in [1.82, 2.24) is 4.90 Å². The first-order valence-corrected chi connectivity index (χ1v) is 9.13. The summed E-state index contributed by atoms with van der Waals surface area (Å²) in [6.45, 7) is 4.56. The summed E-state index contributed by atoms with van der Waals surface area (Å²) in [5, 5.41) is 19.2. The molecular weight excluding hydrogens is 320 g/mol. The summed E-state index contributed by atoms with van der Waals surface area (Å²) in [6.07, 6.45) is 3.59. The second-order valence-electron chi connectivity index (χ2n) is 5.79. The molecule has 1 aliphatic heterocycles. The molecule has 1 saturated heterocycles. The second-order valence-corrected chi connectivity index (χ2v) is 7.35. The Labute approximate surface area is 135 Å². The third-order valence-corrected chi connectivity index (χ3v) is 5.06. The lowest BCUT2D eigenvalue weighted by Gasteiger charge is -2.33. The lowest BCUT2D eigenvalue weighted by atomic mass is 10.0. The van der Waals surface area contributed by atoms with Crippen LogP contribution in [-0.4, -0.2) is 43.9 Å². The fraction of sp³-hybridized carbons (Fsp3) is 0.571. The molecule has 0 radical (unpaired) electrons. The highest BCUT2D eigenvalue weighted by molar-refractivity contribution is 7.89. The van der Waals surface area contributed by atoms with E-state index in [1.54, 1.807) is 0 Å². The Kier molecular flexibility index (Phi) is 5.55. The van der Waals surface area contributed by atoms with Crippen molar-refractivity contribution in [2.24, 2.45) is 5.14 Å². The molecule has 0 amide bonds. The molecule has 2 rings (SSSR count). The van der Waals surface area contributed by atoms with Crippen LogP contribution in [0.1, 0.15) is 26.2 Å². The van der Waals surface area contributed by atoms with Crippen LogP contribution in [0.4, 0.5) is 11.4 Å². The number of hydrogen-bond acceptors (Lipinski definition) is 6. The standard InChI is InChI=1S/C14H22N4O4S/c1-11-4-2-3-8-17(11)9-7-16-13-6-5-12(23(15,21)22)10-14(13)18(19)20/h5-6,10-11,16H,2-4,7-9H2,1H3,(H2,15,21,22)/t11-/m1/s1. The van der Waals surface area contributed by atoms with Crippen LogP contribution in [0.2, 0.25) is 0 Å². The van der Waals surface area contributed by atoms with Gasteiger partial charge < -0.3 is 5.32 Å². The Morgan fingerprint density at radius 2 is 2.17 bits per heavy atom. The van der Waals surface area contributed by atoms with Crippen molar-refractivity contribution < 1.29 is 13.3 Å². The van der Waals surface area contributed by atoms with E-state index < -0.39 is 14.9 Å². The first-order valence-electron chi connectivity index (χ1n) is 7.58. The molecule has 8 nitrogen and oxygen atoms in total. The highest BCUT2D eigenvalue weighted by Gasteiger charge is 2.20. The van der Waals surface area contributed by atoms with Gasteiger partial charge in [-0.3, -0.25) is 15.0 Å². The number of anilines is 1. The third-order valence-electron chi connectivity index (χ3n) is 4.15. The lowest BCUT2D eigenvalue weighted by molar-refractivity contribution is -0.384. The van der Waals surface area contributed by atoms with Crippen molar-refractivity contribution in [2.75, 3.05) is 25.0 Å².